The van der Waals surface area contributed by atoms with Crippen LogP contribution in [0.5, 0.6) is 0 Å². The summed E-state index contributed by atoms with van der Waals surface area (Å²) in [5.41, 5.74) is 1.31. The Morgan fingerprint density at radius 3 is 3.00 bits per heavy atom. The monoisotopic (exact) mass is 234 g/mol. The van der Waals surface area contributed by atoms with Crippen molar-refractivity contribution < 1.29 is 4.74 Å². The molecule has 0 saturated carbocycles. The van der Waals surface area contributed by atoms with Gasteiger partial charge in [-0.25, -0.2) is 4.98 Å². The normalized spacial score (nSPS) is 25.8. The van der Waals surface area contributed by atoms with Gasteiger partial charge in [0.2, 0.25) is 0 Å². The zero-order valence-electron chi connectivity index (χ0n) is 10.7. The molecular formula is C14H22N2O. The molecule has 0 N–H and O–H groups in total. The Bertz CT molecular complexity index is 380. The molecule has 3 heteroatoms. The molecule has 1 aromatic rings. The van der Waals surface area contributed by atoms with Crippen LogP contribution in [-0.2, 0) is 24.1 Å². The van der Waals surface area contributed by atoms with E-state index in [1.165, 1.54) is 30.8 Å². The van der Waals surface area contributed by atoms with E-state index in [0.29, 0.717) is 0 Å². The molecule has 0 aliphatic carbocycles. The van der Waals surface area contributed by atoms with Crippen molar-refractivity contribution >= 4 is 0 Å². The van der Waals surface area contributed by atoms with Gasteiger partial charge >= 0.3 is 0 Å². The van der Waals surface area contributed by atoms with Crippen LogP contribution in [0, 0.1) is 11.8 Å². The molecule has 0 radical (unpaired) electrons. The number of rotatable bonds is 2. The fourth-order valence-electron chi connectivity index (χ4n) is 3.02. The predicted octanol–water partition coefficient (Wildman–Crippen LogP) is 2.43. The lowest BCUT2D eigenvalue weighted by molar-refractivity contribution is 0.0663. The predicted molar refractivity (Wildman–Crippen MR) is 67.0 cm³/mol. The molecule has 17 heavy (non-hydrogen) atoms. The van der Waals surface area contributed by atoms with Crippen molar-refractivity contribution in [3.63, 3.8) is 0 Å². The van der Waals surface area contributed by atoms with Crippen LogP contribution in [0.3, 0.4) is 0 Å². The smallest absolute Gasteiger partial charge is 0.108 e. The standard InChI is InChI=1S/C14H22N2O/c1-11-2-3-14-15-13(10-16(14)9-11)8-12-4-6-17-7-5-12/h10-12H,2-9H2,1H3. The summed E-state index contributed by atoms with van der Waals surface area (Å²) in [6, 6.07) is 0. The van der Waals surface area contributed by atoms with Crippen LogP contribution < -0.4 is 0 Å². The van der Waals surface area contributed by atoms with E-state index in [4.69, 9.17) is 9.72 Å². The summed E-state index contributed by atoms with van der Waals surface area (Å²) < 4.78 is 7.78. The van der Waals surface area contributed by atoms with Crippen LogP contribution in [-0.4, -0.2) is 22.8 Å². The molecule has 1 atom stereocenters. The summed E-state index contributed by atoms with van der Waals surface area (Å²) in [5, 5.41) is 0. The van der Waals surface area contributed by atoms with Gasteiger partial charge in [0.1, 0.15) is 5.82 Å². The van der Waals surface area contributed by atoms with Gasteiger partial charge in [0.15, 0.2) is 0 Å². The first kappa shape index (κ1) is 11.3. The SMILES string of the molecule is CC1CCc2nc(CC3CCOCC3)cn2C1. The van der Waals surface area contributed by atoms with Crippen LogP contribution in [0.2, 0.25) is 0 Å². The van der Waals surface area contributed by atoms with E-state index in [2.05, 4.69) is 17.7 Å². The molecule has 1 fully saturated rings. The van der Waals surface area contributed by atoms with Crippen LogP contribution >= 0.6 is 0 Å². The largest absolute Gasteiger partial charge is 0.381 e. The third kappa shape index (κ3) is 2.54. The van der Waals surface area contributed by atoms with Crippen molar-refractivity contribution in [1.29, 1.82) is 0 Å². The van der Waals surface area contributed by atoms with E-state index in [1.807, 2.05) is 0 Å². The molecule has 3 rings (SSSR count). The van der Waals surface area contributed by atoms with Crippen molar-refractivity contribution in [1.82, 2.24) is 9.55 Å². The summed E-state index contributed by atoms with van der Waals surface area (Å²) in [5.74, 6) is 2.91. The van der Waals surface area contributed by atoms with E-state index in [0.717, 1.165) is 44.4 Å². The van der Waals surface area contributed by atoms with Gasteiger partial charge in [-0.3, -0.25) is 0 Å². The number of aryl methyl sites for hydroxylation is 1. The number of hydrogen-bond donors (Lipinski definition) is 0. The topological polar surface area (TPSA) is 27.1 Å². The molecule has 3 nitrogen and oxygen atoms in total. The molecule has 0 amide bonds. The highest BCUT2D eigenvalue weighted by molar-refractivity contribution is 5.07. The van der Waals surface area contributed by atoms with Crippen LogP contribution in [0.4, 0.5) is 0 Å². The Labute approximate surface area is 103 Å². The fourth-order valence-corrected chi connectivity index (χ4v) is 3.02. The van der Waals surface area contributed by atoms with Gasteiger partial charge in [-0.05, 0) is 37.5 Å². The lowest BCUT2D eigenvalue weighted by Gasteiger charge is -2.20. The molecule has 0 aromatic carbocycles. The second-order valence-corrected chi connectivity index (χ2v) is 5.70. The summed E-state index contributed by atoms with van der Waals surface area (Å²) in [6.45, 7) is 5.38. The minimum Gasteiger partial charge on any atom is -0.381 e. The maximum Gasteiger partial charge on any atom is 0.108 e. The van der Waals surface area contributed by atoms with Crippen molar-refractivity contribution in [3.8, 4) is 0 Å². The Kier molecular flexibility index (Phi) is 3.19. The Morgan fingerprint density at radius 1 is 1.35 bits per heavy atom. The first-order chi connectivity index (χ1) is 8.31. The minimum absolute atomic E-state index is 0.790. The Balaban J connectivity index is 1.67. The van der Waals surface area contributed by atoms with Crippen molar-refractivity contribution in [2.45, 2.75) is 45.6 Å². The van der Waals surface area contributed by atoms with E-state index in [9.17, 15) is 0 Å². The van der Waals surface area contributed by atoms with Crippen LogP contribution in [0.25, 0.3) is 0 Å². The second-order valence-electron chi connectivity index (χ2n) is 5.70. The quantitative estimate of drug-likeness (QED) is 0.786. The number of aromatic nitrogens is 2. The third-order valence-corrected chi connectivity index (χ3v) is 4.12. The molecule has 2 aliphatic rings. The summed E-state index contributed by atoms with van der Waals surface area (Å²) in [4.78, 5) is 4.80. The number of imidazole rings is 1. The average molecular weight is 234 g/mol. The Morgan fingerprint density at radius 2 is 2.18 bits per heavy atom. The minimum atomic E-state index is 0.790. The molecule has 0 bridgehead atoms. The first-order valence-electron chi connectivity index (χ1n) is 6.94. The summed E-state index contributed by atoms with van der Waals surface area (Å²) in [6.07, 6.45) is 8.32. The third-order valence-electron chi connectivity index (χ3n) is 4.12. The number of ether oxygens (including phenoxy) is 1. The van der Waals surface area contributed by atoms with E-state index in [1.54, 1.807) is 0 Å². The highest BCUT2D eigenvalue weighted by Gasteiger charge is 2.20. The molecule has 3 heterocycles. The molecular weight excluding hydrogens is 212 g/mol. The van der Waals surface area contributed by atoms with Crippen LogP contribution in [0.15, 0.2) is 6.20 Å². The molecule has 1 aromatic heterocycles. The summed E-state index contributed by atoms with van der Waals surface area (Å²) in [7, 11) is 0. The molecule has 0 spiro atoms. The van der Waals surface area contributed by atoms with Crippen LogP contribution in [0.1, 0.15) is 37.7 Å². The van der Waals surface area contributed by atoms with E-state index < -0.39 is 0 Å². The van der Waals surface area contributed by atoms with E-state index in [-0.39, 0.29) is 0 Å². The number of fused-ring (bicyclic) bond motifs is 1. The molecule has 1 saturated heterocycles. The fraction of sp³-hybridized carbons (Fsp3) is 0.786. The molecule has 2 aliphatic heterocycles. The molecule has 1 unspecified atom stereocenters. The van der Waals surface area contributed by atoms with Crippen molar-refractivity contribution in [2.24, 2.45) is 11.8 Å². The second kappa shape index (κ2) is 4.81. The van der Waals surface area contributed by atoms with Gasteiger partial charge < -0.3 is 9.30 Å². The van der Waals surface area contributed by atoms with Gasteiger partial charge in [-0.15, -0.1) is 0 Å². The average Bonchev–Trinajstić information content (AvgIpc) is 2.71. The number of hydrogen-bond acceptors (Lipinski definition) is 2. The van der Waals surface area contributed by atoms with Gasteiger partial charge in [0, 0.05) is 32.4 Å². The maximum absolute atomic E-state index is 5.41. The van der Waals surface area contributed by atoms with Crippen molar-refractivity contribution in [2.75, 3.05) is 13.2 Å². The summed E-state index contributed by atoms with van der Waals surface area (Å²) >= 11 is 0. The highest BCUT2D eigenvalue weighted by Crippen LogP contribution is 2.23. The lowest BCUT2D eigenvalue weighted by atomic mass is 9.95. The van der Waals surface area contributed by atoms with Gasteiger partial charge in [-0.2, -0.15) is 0 Å². The zero-order chi connectivity index (χ0) is 11.7. The first-order valence-corrected chi connectivity index (χ1v) is 6.94. The van der Waals surface area contributed by atoms with Crippen molar-refractivity contribution in [3.05, 3.63) is 17.7 Å². The highest BCUT2D eigenvalue weighted by atomic mass is 16.5. The maximum atomic E-state index is 5.41. The number of nitrogens with zero attached hydrogens (tertiary/aromatic N) is 2. The molecule has 94 valence electrons. The van der Waals surface area contributed by atoms with E-state index >= 15 is 0 Å². The van der Waals surface area contributed by atoms with Gasteiger partial charge in [0.25, 0.3) is 0 Å². The van der Waals surface area contributed by atoms with Gasteiger partial charge in [-0.1, -0.05) is 6.92 Å². The van der Waals surface area contributed by atoms with Gasteiger partial charge in [0.05, 0.1) is 5.69 Å². The lowest BCUT2D eigenvalue weighted by Crippen LogP contribution is -2.17. The Hall–Kier alpha value is -0.830. The zero-order valence-corrected chi connectivity index (χ0v) is 10.7.